The highest BCUT2D eigenvalue weighted by Crippen LogP contribution is 2.28. The van der Waals surface area contributed by atoms with Crippen LogP contribution in [0.25, 0.3) is 0 Å². The van der Waals surface area contributed by atoms with Crippen LogP contribution in [0.2, 0.25) is 0 Å². The number of piperazine rings is 1. The van der Waals surface area contributed by atoms with Crippen molar-refractivity contribution in [3.63, 3.8) is 0 Å². The van der Waals surface area contributed by atoms with Crippen LogP contribution in [0.1, 0.15) is 27.2 Å². The highest BCUT2D eigenvalue weighted by atomic mass is 16.5. The molecule has 144 valence electrons. The van der Waals surface area contributed by atoms with Crippen molar-refractivity contribution >= 4 is 11.6 Å². The molecule has 2 heterocycles. The first-order chi connectivity index (χ1) is 12.6. The second kappa shape index (κ2) is 8.73. The SMILES string of the molecule is CCOc1ccccc1N1CCN(CC2CC(=O)NC(C(C)C)N2)CC1. The zero-order chi connectivity index (χ0) is 18.5. The maximum Gasteiger partial charge on any atom is 0.222 e. The van der Waals surface area contributed by atoms with E-state index >= 15 is 0 Å². The number of para-hydroxylation sites is 2. The van der Waals surface area contributed by atoms with E-state index in [-0.39, 0.29) is 18.1 Å². The molecule has 2 aliphatic heterocycles. The van der Waals surface area contributed by atoms with Gasteiger partial charge < -0.3 is 15.0 Å². The van der Waals surface area contributed by atoms with E-state index in [9.17, 15) is 4.79 Å². The van der Waals surface area contributed by atoms with E-state index in [1.165, 1.54) is 5.69 Å². The first-order valence-electron chi connectivity index (χ1n) is 9.81. The summed E-state index contributed by atoms with van der Waals surface area (Å²) in [6.45, 7) is 11.9. The summed E-state index contributed by atoms with van der Waals surface area (Å²) in [6, 6.07) is 8.51. The summed E-state index contributed by atoms with van der Waals surface area (Å²) in [5, 5.41) is 6.63. The third kappa shape index (κ3) is 4.68. The van der Waals surface area contributed by atoms with Crippen molar-refractivity contribution in [2.24, 2.45) is 5.92 Å². The van der Waals surface area contributed by atoms with Gasteiger partial charge >= 0.3 is 0 Å². The minimum absolute atomic E-state index is 0.0839. The molecule has 2 aliphatic rings. The minimum Gasteiger partial charge on any atom is -0.492 e. The summed E-state index contributed by atoms with van der Waals surface area (Å²) in [5.41, 5.74) is 1.18. The van der Waals surface area contributed by atoms with Gasteiger partial charge in [-0.3, -0.25) is 15.0 Å². The average molecular weight is 361 g/mol. The van der Waals surface area contributed by atoms with Gasteiger partial charge in [0, 0.05) is 45.2 Å². The molecule has 2 atom stereocenters. The summed E-state index contributed by atoms with van der Waals surface area (Å²) in [5.74, 6) is 1.53. The van der Waals surface area contributed by atoms with E-state index < -0.39 is 0 Å². The quantitative estimate of drug-likeness (QED) is 0.808. The van der Waals surface area contributed by atoms with Crippen molar-refractivity contribution in [1.29, 1.82) is 0 Å². The van der Waals surface area contributed by atoms with Crippen molar-refractivity contribution in [1.82, 2.24) is 15.5 Å². The Morgan fingerprint density at radius 2 is 1.92 bits per heavy atom. The van der Waals surface area contributed by atoms with Crippen LogP contribution in [0.15, 0.2) is 24.3 Å². The van der Waals surface area contributed by atoms with Gasteiger partial charge in [0.25, 0.3) is 0 Å². The van der Waals surface area contributed by atoms with Gasteiger partial charge in [-0.15, -0.1) is 0 Å². The van der Waals surface area contributed by atoms with Crippen LogP contribution in [0.5, 0.6) is 5.75 Å². The molecule has 0 aromatic heterocycles. The predicted molar refractivity (Wildman–Crippen MR) is 105 cm³/mol. The molecule has 6 nitrogen and oxygen atoms in total. The van der Waals surface area contributed by atoms with Gasteiger partial charge in [-0.25, -0.2) is 0 Å². The summed E-state index contributed by atoms with van der Waals surface area (Å²) >= 11 is 0. The van der Waals surface area contributed by atoms with Gasteiger partial charge in [0.2, 0.25) is 5.91 Å². The number of benzene rings is 1. The van der Waals surface area contributed by atoms with E-state index in [0.29, 0.717) is 18.9 Å². The molecule has 1 amide bonds. The molecular weight excluding hydrogens is 328 g/mol. The molecule has 0 bridgehead atoms. The van der Waals surface area contributed by atoms with Crippen LogP contribution in [0.4, 0.5) is 5.69 Å². The molecule has 2 unspecified atom stereocenters. The zero-order valence-electron chi connectivity index (χ0n) is 16.2. The highest BCUT2D eigenvalue weighted by molar-refractivity contribution is 5.77. The Hall–Kier alpha value is -1.79. The second-order valence-electron chi connectivity index (χ2n) is 7.55. The molecule has 1 aromatic carbocycles. The fourth-order valence-corrected chi connectivity index (χ4v) is 3.77. The third-order valence-corrected chi connectivity index (χ3v) is 5.19. The Morgan fingerprint density at radius 3 is 2.62 bits per heavy atom. The molecule has 2 fully saturated rings. The summed E-state index contributed by atoms with van der Waals surface area (Å²) in [7, 11) is 0. The van der Waals surface area contributed by atoms with Crippen molar-refractivity contribution in [3.8, 4) is 5.75 Å². The van der Waals surface area contributed by atoms with Crippen LogP contribution in [0.3, 0.4) is 0 Å². The number of rotatable bonds is 6. The lowest BCUT2D eigenvalue weighted by atomic mass is 10.0. The molecule has 0 saturated carbocycles. The molecule has 1 aromatic rings. The number of carbonyl (C=O) groups excluding carboxylic acids is 1. The normalized spacial score (nSPS) is 24.6. The number of ether oxygens (including phenoxy) is 1. The molecule has 6 heteroatoms. The Balaban J connectivity index is 1.53. The first-order valence-corrected chi connectivity index (χ1v) is 9.81. The lowest BCUT2D eigenvalue weighted by molar-refractivity contribution is -0.125. The molecule has 0 radical (unpaired) electrons. The van der Waals surface area contributed by atoms with E-state index in [1.54, 1.807) is 0 Å². The Bertz CT molecular complexity index is 599. The second-order valence-corrected chi connectivity index (χ2v) is 7.55. The Morgan fingerprint density at radius 1 is 1.19 bits per heavy atom. The summed E-state index contributed by atoms with van der Waals surface area (Å²) in [4.78, 5) is 16.8. The molecule has 26 heavy (non-hydrogen) atoms. The monoisotopic (exact) mass is 360 g/mol. The highest BCUT2D eigenvalue weighted by Gasteiger charge is 2.29. The predicted octanol–water partition coefficient (Wildman–Crippen LogP) is 1.67. The molecule has 0 aliphatic carbocycles. The number of carbonyl (C=O) groups is 1. The third-order valence-electron chi connectivity index (χ3n) is 5.19. The average Bonchev–Trinajstić information content (AvgIpc) is 2.63. The van der Waals surface area contributed by atoms with Crippen LogP contribution in [0, 0.1) is 5.92 Å². The minimum atomic E-state index is 0.0839. The van der Waals surface area contributed by atoms with Crippen molar-refractivity contribution in [2.75, 3.05) is 44.2 Å². The van der Waals surface area contributed by atoms with Crippen molar-refractivity contribution < 1.29 is 9.53 Å². The van der Waals surface area contributed by atoms with Gasteiger partial charge in [0.05, 0.1) is 18.5 Å². The molecule has 3 rings (SSSR count). The van der Waals surface area contributed by atoms with E-state index in [2.05, 4.69) is 46.4 Å². The number of amides is 1. The number of hydrogen-bond acceptors (Lipinski definition) is 5. The van der Waals surface area contributed by atoms with Crippen molar-refractivity contribution in [2.45, 2.75) is 39.4 Å². The topological polar surface area (TPSA) is 56.8 Å². The van der Waals surface area contributed by atoms with Crippen LogP contribution < -0.4 is 20.3 Å². The molecule has 2 N–H and O–H groups in total. The first kappa shape index (κ1) is 19.0. The number of nitrogens with one attached hydrogen (secondary N) is 2. The van der Waals surface area contributed by atoms with Gasteiger partial charge in [-0.05, 0) is 25.0 Å². The molecular formula is C20H32N4O2. The van der Waals surface area contributed by atoms with Crippen molar-refractivity contribution in [3.05, 3.63) is 24.3 Å². The number of hydrogen-bond donors (Lipinski definition) is 2. The lowest BCUT2D eigenvalue weighted by Gasteiger charge is -2.40. The summed E-state index contributed by atoms with van der Waals surface area (Å²) < 4.78 is 5.77. The van der Waals surface area contributed by atoms with Gasteiger partial charge in [0.1, 0.15) is 5.75 Å². The van der Waals surface area contributed by atoms with E-state index in [0.717, 1.165) is 38.5 Å². The lowest BCUT2D eigenvalue weighted by Crippen LogP contribution is -2.62. The van der Waals surface area contributed by atoms with Gasteiger partial charge in [-0.2, -0.15) is 0 Å². The maximum absolute atomic E-state index is 12.0. The smallest absolute Gasteiger partial charge is 0.222 e. The largest absolute Gasteiger partial charge is 0.492 e. The van der Waals surface area contributed by atoms with Crippen LogP contribution in [-0.2, 0) is 4.79 Å². The Labute approximate surface area is 156 Å². The number of nitrogens with zero attached hydrogens (tertiary/aromatic N) is 2. The molecule has 2 saturated heterocycles. The number of anilines is 1. The zero-order valence-corrected chi connectivity index (χ0v) is 16.2. The molecule has 0 spiro atoms. The van der Waals surface area contributed by atoms with Crippen LogP contribution >= 0.6 is 0 Å². The Kier molecular flexibility index (Phi) is 6.38. The van der Waals surface area contributed by atoms with Crippen LogP contribution in [-0.4, -0.2) is 62.3 Å². The summed E-state index contributed by atoms with van der Waals surface area (Å²) in [6.07, 6.45) is 0.650. The fourth-order valence-electron chi connectivity index (χ4n) is 3.77. The van der Waals surface area contributed by atoms with E-state index in [4.69, 9.17) is 4.74 Å². The maximum atomic E-state index is 12.0. The standard InChI is InChI=1S/C20H32N4O2/c1-4-26-18-8-6-5-7-17(18)24-11-9-23(10-12-24)14-16-13-19(25)22-20(21-16)15(2)3/h5-8,15-16,20-21H,4,9-14H2,1-3H3,(H,22,25). The van der Waals surface area contributed by atoms with E-state index in [1.807, 2.05) is 19.1 Å². The van der Waals surface area contributed by atoms with Gasteiger partial charge in [0.15, 0.2) is 0 Å². The van der Waals surface area contributed by atoms with Gasteiger partial charge in [-0.1, -0.05) is 26.0 Å². The fraction of sp³-hybridized carbons (Fsp3) is 0.650.